The molecular formula is C14H15NOS. The predicted molar refractivity (Wildman–Crippen MR) is 72.4 cm³/mol. The summed E-state index contributed by atoms with van der Waals surface area (Å²) in [5.41, 5.74) is 2.21. The number of anilines is 1. The summed E-state index contributed by atoms with van der Waals surface area (Å²) in [6, 6.07) is 6.30. The van der Waals surface area contributed by atoms with E-state index in [4.69, 9.17) is 6.42 Å². The Kier molecular flexibility index (Phi) is 3.44. The minimum Gasteiger partial charge on any atom is -0.299 e. The number of hydrogen-bond donors (Lipinski definition) is 0. The van der Waals surface area contributed by atoms with Crippen molar-refractivity contribution < 1.29 is 4.79 Å². The SMILES string of the molecule is C#CCN1C(=O)CSc2ccc(C(C)C)cc21. The number of terminal acetylenes is 1. The number of benzene rings is 1. The van der Waals surface area contributed by atoms with E-state index in [1.807, 2.05) is 0 Å². The second-order valence-electron chi connectivity index (χ2n) is 4.35. The van der Waals surface area contributed by atoms with Gasteiger partial charge in [-0.1, -0.05) is 25.8 Å². The monoisotopic (exact) mass is 245 g/mol. The lowest BCUT2D eigenvalue weighted by Crippen LogP contribution is -2.35. The van der Waals surface area contributed by atoms with E-state index < -0.39 is 0 Å². The van der Waals surface area contributed by atoms with Gasteiger partial charge in [0, 0.05) is 4.90 Å². The zero-order valence-corrected chi connectivity index (χ0v) is 10.9. The van der Waals surface area contributed by atoms with E-state index >= 15 is 0 Å². The van der Waals surface area contributed by atoms with Gasteiger partial charge in [-0.25, -0.2) is 0 Å². The third-order valence-corrected chi connectivity index (χ3v) is 3.89. The molecule has 0 radical (unpaired) electrons. The summed E-state index contributed by atoms with van der Waals surface area (Å²) in [5, 5.41) is 0. The number of nitrogens with zero attached hydrogens (tertiary/aromatic N) is 1. The van der Waals surface area contributed by atoms with Crippen molar-refractivity contribution in [2.24, 2.45) is 0 Å². The first kappa shape index (κ1) is 12.1. The molecule has 0 fully saturated rings. The summed E-state index contributed by atoms with van der Waals surface area (Å²) in [6.07, 6.45) is 5.33. The Morgan fingerprint density at radius 1 is 1.53 bits per heavy atom. The zero-order chi connectivity index (χ0) is 12.4. The van der Waals surface area contributed by atoms with Gasteiger partial charge in [-0.15, -0.1) is 18.2 Å². The molecule has 1 aromatic rings. The van der Waals surface area contributed by atoms with Crippen molar-refractivity contribution in [2.45, 2.75) is 24.7 Å². The molecule has 17 heavy (non-hydrogen) atoms. The van der Waals surface area contributed by atoms with Crippen LogP contribution < -0.4 is 4.90 Å². The molecule has 0 aromatic heterocycles. The third-order valence-electron chi connectivity index (χ3n) is 2.84. The largest absolute Gasteiger partial charge is 0.299 e. The van der Waals surface area contributed by atoms with Crippen LogP contribution in [0.4, 0.5) is 5.69 Å². The van der Waals surface area contributed by atoms with Crippen LogP contribution in [0.25, 0.3) is 0 Å². The molecule has 0 spiro atoms. The minimum absolute atomic E-state index is 0.0985. The second kappa shape index (κ2) is 4.85. The van der Waals surface area contributed by atoms with Gasteiger partial charge in [-0.3, -0.25) is 9.69 Å². The number of hydrogen-bond acceptors (Lipinski definition) is 2. The minimum atomic E-state index is 0.0985. The molecule has 2 rings (SSSR count). The highest BCUT2D eigenvalue weighted by atomic mass is 32.2. The maximum absolute atomic E-state index is 11.8. The van der Waals surface area contributed by atoms with Gasteiger partial charge in [-0.05, 0) is 23.6 Å². The fraction of sp³-hybridized carbons (Fsp3) is 0.357. The maximum atomic E-state index is 11.8. The number of carbonyl (C=O) groups excluding carboxylic acids is 1. The molecule has 1 amide bonds. The van der Waals surface area contributed by atoms with Crippen LogP contribution in [0.3, 0.4) is 0 Å². The van der Waals surface area contributed by atoms with Crippen molar-refractivity contribution in [1.29, 1.82) is 0 Å². The Labute approximate surface area is 106 Å². The fourth-order valence-electron chi connectivity index (χ4n) is 1.84. The summed E-state index contributed by atoms with van der Waals surface area (Å²) in [7, 11) is 0. The molecule has 88 valence electrons. The van der Waals surface area contributed by atoms with Gasteiger partial charge >= 0.3 is 0 Å². The molecule has 3 heteroatoms. The highest BCUT2D eigenvalue weighted by molar-refractivity contribution is 8.00. The molecule has 1 heterocycles. The van der Waals surface area contributed by atoms with E-state index in [-0.39, 0.29) is 5.91 Å². The molecule has 2 nitrogen and oxygen atoms in total. The standard InChI is InChI=1S/C14H15NOS/c1-4-7-15-12-8-11(10(2)3)5-6-13(12)17-9-14(15)16/h1,5-6,8,10H,7,9H2,2-3H3. The lowest BCUT2D eigenvalue weighted by Gasteiger charge is -2.28. The summed E-state index contributed by atoms with van der Waals surface area (Å²) >= 11 is 1.59. The first-order valence-electron chi connectivity index (χ1n) is 5.64. The molecular weight excluding hydrogens is 230 g/mol. The molecule has 0 saturated carbocycles. The average Bonchev–Trinajstić information content (AvgIpc) is 2.32. The van der Waals surface area contributed by atoms with E-state index in [1.54, 1.807) is 16.7 Å². The number of amides is 1. The van der Waals surface area contributed by atoms with Crippen molar-refractivity contribution in [3.8, 4) is 12.3 Å². The molecule has 0 aliphatic carbocycles. The number of fused-ring (bicyclic) bond motifs is 1. The lowest BCUT2D eigenvalue weighted by molar-refractivity contribution is -0.116. The van der Waals surface area contributed by atoms with Crippen molar-refractivity contribution in [1.82, 2.24) is 0 Å². The van der Waals surface area contributed by atoms with Crippen LogP contribution in [-0.2, 0) is 4.79 Å². The fourth-order valence-corrected chi connectivity index (χ4v) is 2.76. The van der Waals surface area contributed by atoms with Crippen LogP contribution >= 0.6 is 11.8 Å². The molecule has 1 aliphatic heterocycles. The van der Waals surface area contributed by atoms with E-state index in [9.17, 15) is 4.79 Å². The van der Waals surface area contributed by atoms with Crippen LogP contribution in [0.15, 0.2) is 23.1 Å². The van der Waals surface area contributed by atoms with Crippen molar-refractivity contribution in [3.05, 3.63) is 23.8 Å². The Hall–Kier alpha value is -1.40. The molecule has 0 saturated heterocycles. The van der Waals surface area contributed by atoms with Gasteiger partial charge in [0.15, 0.2) is 0 Å². The first-order chi connectivity index (χ1) is 8.13. The topological polar surface area (TPSA) is 20.3 Å². The first-order valence-corrected chi connectivity index (χ1v) is 6.62. The highest BCUT2D eigenvalue weighted by Gasteiger charge is 2.24. The van der Waals surface area contributed by atoms with Crippen LogP contribution in [0, 0.1) is 12.3 Å². The van der Waals surface area contributed by atoms with Gasteiger partial charge in [0.2, 0.25) is 5.91 Å². The highest BCUT2D eigenvalue weighted by Crippen LogP contribution is 2.37. The van der Waals surface area contributed by atoms with Crippen LogP contribution in [0.5, 0.6) is 0 Å². The van der Waals surface area contributed by atoms with Crippen LogP contribution in [0.2, 0.25) is 0 Å². The Morgan fingerprint density at radius 2 is 2.29 bits per heavy atom. The van der Waals surface area contributed by atoms with E-state index in [0.717, 1.165) is 10.6 Å². The molecule has 0 N–H and O–H groups in total. The van der Waals surface area contributed by atoms with Gasteiger partial charge in [-0.2, -0.15) is 0 Å². The van der Waals surface area contributed by atoms with Gasteiger partial charge in [0.25, 0.3) is 0 Å². The van der Waals surface area contributed by atoms with Crippen molar-refractivity contribution in [3.63, 3.8) is 0 Å². The zero-order valence-electron chi connectivity index (χ0n) is 10.1. The smallest absolute Gasteiger partial charge is 0.238 e. The predicted octanol–water partition coefficient (Wildman–Crippen LogP) is 2.88. The molecule has 0 atom stereocenters. The van der Waals surface area contributed by atoms with Crippen LogP contribution in [0.1, 0.15) is 25.3 Å². The summed E-state index contributed by atoms with van der Waals surface area (Å²) in [6.45, 7) is 4.64. The number of thioether (sulfide) groups is 1. The summed E-state index contributed by atoms with van der Waals surface area (Å²) < 4.78 is 0. The maximum Gasteiger partial charge on any atom is 0.238 e. The van der Waals surface area contributed by atoms with Crippen LogP contribution in [-0.4, -0.2) is 18.2 Å². The average molecular weight is 245 g/mol. The van der Waals surface area contributed by atoms with E-state index in [2.05, 4.69) is 38.0 Å². The quantitative estimate of drug-likeness (QED) is 0.747. The molecule has 1 aliphatic rings. The van der Waals surface area contributed by atoms with Gasteiger partial charge < -0.3 is 0 Å². The number of rotatable bonds is 2. The third kappa shape index (κ3) is 2.32. The Bertz CT molecular complexity index is 487. The lowest BCUT2D eigenvalue weighted by atomic mass is 10.0. The summed E-state index contributed by atoms with van der Waals surface area (Å²) in [4.78, 5) is 14.7. The number of carbonyl (C=O) groups is 1. The Balaban J connectivity index is 2.45. The summed E-state index contributed by atoms with van der Waals surface area (Å²) in [5.74, 6) is 3.59. The molecule has 1 aromatic carbocycles. The van der Waals surface area contributed by atoms with Crippen molar-refractivity contribution >= 4 is 23.4 Å². The molecule has 0 unspecified atom stereocenters. The van der Waals surface area contributed by atoms with Crippen molar-refractivity contribution in [2.75, 3.05) is 17.2 Å². The van der Waals surface area contributed by atoms with Gasteiger partial charge in [0.05, 0.1) is 18.0 Å². The normalized spacial score (nSPS) is 14.7. The van der Waals surface area contributed by atoms with E-state index in [1.165, 1.54) is 5.56 Å². The van der Waals surface area contributed by atoms with E-state index in [0.29, 0.717) is 18.2 Å². The van der Waals surface area contributed by atoms with Gasteiger partial charge in [0.1, 0.15) is 0 Å². The molecule has 0 bridgehead atoms. The second-order valence-corrected chi connectivity index (χ2v) is 5.37. The Morgan fingerprint density at radius 3 is 2.94 bits per heavy atom.